The molecule has 0 fully saturated rings. The first kappa shape index (κ1) is 14.4. The topological polar surface area (TPSA) is 29.5 Å². The van der Waals surface area contributed by atoms with E-state index in [1.165, 1.54) is 0 Å². The summed E-state index contributed by atoms with van der Waals surface area (Å²) in [4.78, 5) is 13.9. The molecular formula is C16H16ClNO2. The van der Waals surface area contributed by atoms with Crippen molar-refractivity contribution in [1.82, 2.24) is 0 Å². The van der Waals surface area contributed by atoms with E-state index < -0.39 is 6.10 Å². The molecule has 2 rings (SSSR count). The lowest BCUT2D eigenvalue weighted by atomic mass is 10.2. The number of nitrogens with zero attached hydrogens (tertiary/aromatic N) is 1. The molecule has 0 aliphatic rings. The first-order valence-electron chi connectivity index (χ1n) is 6.33. The van der Waals surface area contributed by atoms with Gasteiger partial charge in [0.1, 0.15) is 5.75 Å². The predicted molar refractivity (Wildman–Crippen MR) is 81.4 cm³/mol. The molecule has 0 spiro atoms. The second kappa shape index (κ2) is 6.44. The van der Waals surface area contributed by atoms with Crippen molar-refractivity contribution in [3.8, 4) is 5.75 Å². The highest BCUT2D eigenvalue weighted by Gasteiger charge is 2.20. The zero-order chi connectivity index (χ0) is 14.5. The number of likely N-dealkylation sites (N-methyl/N-ethyl adjacent to an activating group) is 1. The van der Waals surface area contributed by atoms with Gasteiger partial charge in [-0.1, -0.05) is 35.9 Å². The number of hydrogen-bond acceptors (Lipinski definition) is 2. The minimum absolute atomic E-state index is 0.115. The Morgan fingerprint density at radius 1 is 1.15 bits per heavy atom. The molecule has 0 aliphatic carbocycles. The Hall–Kier alpha value is -2.00. The first-order valence-corrected chi connectivity index (χ1v) is 6.70. The van der Waals surface area contributed by atoms with Gasteiger partial charge in [0.2, 0.25) is 0 Å². The molecule has 0 aliphatic heterocycles. The van der Waals surface area contributed by atoms with Gasteiger partial charge in [0, 0.05) is 17.8 Å². The van der Waals surface area contributed by atoms with Crippen molar-refractivity contribution < 1.29 is 9.53 Å². The fourth-order valence-corrected chi connectivity index (χ4v) is 2.03. The van der Waals surface area contributed by atoms with E-state index >= 15 is 0 Å². The first-order chi connectivity index (χ1) is 9.58. The Bertz CT molecular complexity index is 586. The molecule has 0 bridgehead atoms. The van der Waals surface area contributed by atoms with Crippen LogP contribution in [0.3, 0.4) is 0 Å². The van der Waals surface area contributed by atoms with E-state index in [0.717, 1.165) is 5.69 Å². The van der Waals surface area contributed by atoms with E-state index in [0.29, 0.717) is 10.8 Å². The molecule has 1 amide bonds. The molecule has 3 nitrogen and oxygen atoms in total. The number of carbonyl (C=O) groups excluding carboxylic acids is 1. The third-order valence-corrected chi connectivity index (χ3v) is 3.17. The number of hydrogen-bond donors (Lipinski definition) is 0. The fourth-order valence-electron chi connectivity index (χ4n) is 1.85. The van der Waals surface area contributed by atoms with Crippen LogP contribution in [-0.2, 0) is 4.79 Å². The monoisotopic (exact) mass is 289 g/mol. The molecule has 104 valence electrons. The Balaban J connectivity index is 2.05. The third kappa shape index (κ3) is 3.52. The normalized spacial score (nSPS) is 11.8. The van der Waals surface area contributed by atoms with Gasteiger partial charge in [-0.2, -0.15) is 0 Å². The number of para-hydroxylation sites is 1. The van der Waals surface area contributed by atoms with E-state index in [9.17, 15) is 4.79 Å². The summed E-state index contributed by atoms with van der Waals surface area (Å²) in [7, 11) is 1.73. The van der Waals surface area contributed by atoms with E-state index in [4.69, 9.17) is 16.3 Å². The van der Waals surface area contributed by atoms with Crippen LogP contribution in [0.25, 0.3) is 0 Å². The van der Waals surface area contributed by atoms with Gasteiger partial charge in [-0.15, -0.1) is 0 Å². The number of anilines is 1. The summed E-state index contributed by atoms with van der Waals surface area (Å²) >= 11 is 5.89. The number of halogens is 1. The van der Waals surface area contributed by atoms with Gasteiger partial charge in [-0.25, -0.2) is 0 Å². The second-order valence-electron chi connectivity index (χ2n) is 4.45. The zero-order valence-electron chi connectivity index (χ0n) is 11.4. The molecule has 0 aromatic heterocycles. The maximum absolute atomic E-state index is 12.3. The van der Waals surface area contributed by atoms with E-state index in [1.54, 1.807) is 43.1 Å². The second-order valence-corrected chi connectivity index (χ2v) is 4.89. The summed E-state index contributed by atoms with van der Waals surface area (Å²) in [6, 6.07) is 16.5. The molecule has 0 saturated heterocycles. The lowest BCUT2D eigenvalue weighted by Gasteiger charge is -2.22. The van der Waals surface area contributed by atoms with Gasteiger partial charge in [0.25, 0.3) is 5.91 Å². The van der Waals surface area contributed by atoms with E-state index in [1.807, 2.05) is 30.3 Å². The van der Waals surface area contributed by atoms with Crippen molar-refractivity contribution in [2.45, 2.75) is 13.0 Å². The molecule has 1 atom stereocenters. The largest absolute Gasteiger partial charge is 0.481 e. The number of carbonyl (C=O) groups is 1. The maximum atomic E-state index is 12.3. The molecule has 0 unspecified atom stereocenters. The predicted octanol–water partition coefficient (Wildman–Crippen LogP) is 3.77. The van der Waals surface area contributed by atoms with Crippen LogP contribution in [0.15, 0.2) is 54.6 Å². The average molecular weight is 290 g/mol. The van der Waals surface area contributed by atoms with Gasteiger partial charge >= 0.3 is 0 Å². The summed E-state index contributed by atoms with van der Waals surface area (Å²) in [5.41, 5.74) is 0.832. The smallest absolute Gasteiger partial charge is 0.267 e. The van der Waals surface area contributed by atoms with Crippen LogP contribution in [0, 0.1) is 0 Å². The molecular weight excluding hydrogens is 274 g/mol. The summed E-state index contributed by atoms with van der Waals surface area (Å²) in [5.74, 6) is 0.469. The summed E-state index contributed by atoms with van der Waals surface area (Å²) in [5, 5.41) is 0.582. The molecule has 0 saturated carbocycles. The number of benzene rings is 2. The molecule has 2 aromatic rings. The van der Waals surface area contributed by atoms with Crippen LogP contribution in [-0.4, -0.2) is 19.1 Å². The van der Waals surface area contributed by atoms with Crippen molar-refractivity contribution in [3.05, 3.63) is 59.6 Å². The number of amides is 1. The Labute approximate surface area is 123 Å². The van der Waals surface area contributed by atoms with Crippen molar-refractivity contribution in [2.75, 3.05) is 11.9 Å². The van der Waals surface area contributed by atoms with Crippen molar-refractivity contribution in [3.63, 3.8) is 0 Å². The standard InChI is InChI=1S/C16H16ClNO2/c1-12(20-15-10-6-7-13(17)11-15)16(19)18(2)14-8-4-3-5-9-14/h3-12H,1-2H3/t12-/m0/s1. The molecule has 20 heavy (non-hydrogen) atoms. The van der Waals surface area contributed by atoms with Gasteiger partial charge < -0.3 is 9.64 Å². The Kier molecular flexibility index (Phi) is 4.64. The van der Waals surface area contributed by atoms with Crippen LogP contribution in [0.2, 0.25) is 5.02 Å². The molecule has 0 heterocycles. The van der Waals surface area contributed by atoms with Gasteiger partial charge in [0.15, 0.2) is 6.10 Å². The van der Waals surface area contributed by atoms with Crippen LogP contribution in [0.4, 0.5) is 5.69 Å². The average Bonchev–Trinajstić information content (AvgIpc) is 2.46. The van der Waals surface area contributed by atoms with Crippen LogP contribution in [0.1, 0.15) is 6.92 Å². The van der Waals surface area contributed by atoms with Gasteiger partial charge in [-0.05, 0) is 37.3 Å². The highest BCUT2D eigenvalue weighted by Crippen LogP contribution is 2.19. The minimum atomic E-state index is -0.585. The quantitative estimate of drug-likeness (QED) is 0.857. The van der Waals surface area contributed by atoms with E-state index in [-0.39, 0.29) is 5.91 Å². The summed E-state index contributed by atoms with van der Waals surface area (Å²) in [6.07, 6.45) is -0.585. The fraction of sp³-hybridized carbons (Fsp3) is 0.188. The number of ether oxygens (including phenoxy) is 1. The molecule has 2 aromatic carbocycles. The Morgan fingerprint density at radius 3 is 2.50 bits per heavy atom. The highest BCUT2D eigenvalue weighted by atomic mass is 35.5. The van der Waals surface area contributed by atoms with Crippen LogP contribution < -0.4 is 9.64 Å². The van der Waals surface area contributed by atoms with Crippen LogP contribution >= 0.6 is 11.6 Å². The number of rotatable bonds is 4. The Morgan fingerprint density at radius 2 is 1.85 bits per heavy atom. The SMILES string of the molecule is C[C@H](Oc1cccc(Cl)c1)C(=O)N(C)c1ccccc1. The van der Waals surface area contributed by atoms with Crippen LogP contribution in [0.5, 0.6) is 5.75 Å². The van der Waals surface area contributed by atoms with E-state index in [2.05, 4.69) is 0 Å². The molecule has 0 N–H and O–H groups in total. The van der Waals surface area contributed by atoms with Crippen molar-refractivity contribution in [2.24, 2.45) is 0 Å². The lowest BCUT2D eigenvalue weighted by molar-refractivity contribution is -0.124. The highest BCUT2D eigenvalue weighted by molar-refractivity contribution is 6.30. The zero-order valence-corrected chi connectivity index (χ0v) is 12.2. The maximum Gasteiger partial charge on any atom is 0.267 e. The lowest BCUT2D eigenvalue weighted by Crippen LogP contribution is -2.37. The summed E-state index contributed by atoms with van der Waals surface area (Å²) in [6.45, 7) is 1.72. The van der Waals surface area contributed by atoms with Crippen molar-refractivity contribution >= 4 is 23.2 Å². The minimum Gasteiger partial charge on any atom is -0.481 e. The molecule has 0 radical (unpaired) electrons. The molecule has 4 heteroatoms. The summed E-state index contributed by atoms with van der Waals surface area (Å²) < 4.78 is 5.62. The van der Waals surface area contributed by atoms with Gasteiger partial charge in [-0.3, -0.25) is 4.79 Å². The van der Waals surface area contributed by atoms with Gasteiger partial charge in [0.05, 0.1) is 0 Å². The van der Waals surface area contributed by atoms with Crippen molar-refractivity contribution in [1.29, 1.82) is 0 Å². The third-order valence-electron chi connectivity index (χ3n) is 2.93.